The minimum absolute atomic E-state index is 0. The van der Waals surface area contributed by atoms with Crippen LogP contribution in [0.5, 0.6) is 0 Å². The topological polar surface area (TPSA) is 12.0 Å². The van der Waals surface area contributed by atoms with E-state index in [4.69, 9.17) is 0 Å². The molecule has 62 valence electrons. The maximum absolute atomic E-state index is 3.48. The largest absolute Gasteiger partial charge is 0.314 e. The predicted octanol–water partition coefficient (Wildman–Crippen LogP) is 2.56. The lowest BCUT2D eigenvalue weighted by molar-refractivity contribution is 0.380. The van der Waals surface area contributed by atoms with Crippen LogP contribution in [0.15, 0.2) is 0 Å². The van der Waals surface area contributed by atoms with Gasteiger partial charge in [-0.2, -0.15) is 0 Å². The summed E-state index contributed by atoms with van der Waals surface area (Å²) < 4.78 is 0. The Kier molecular flexibility index (Phi) is 5.70. The third-order valence-electron chi connectivity index (χ3n) is 2.10. The molecule has 1 aliphatic carbocycles. The second-order valence-electron chi connectivity index (χ2n) is 2.89. The molecular weight excluding hydrogens is 122 g/mol. The standard InChI is InChI=1S/C8H17N.CH4/c1-2-9-8-6-4-3-5-7-8;/h8-9H,2-7H2,1H3;1H4. The fourth-order valence-corrected chi connectivity index (χ4v) is 1.60. The Hall–Kier alpha value is -0.0400. The summed E-state index contributed by atoms with van der Waals surface area (Å²) in [5.74, 6) is 0. The molecule has 0 heterocycles. The number of hydrogen-bond donors (Lipinski definition) is 1. The van der Waals surface area contributed by atoms with E-state index in [1.807, 2.05) is 0 Å². The summed E-state index contributed by atoms with van der Waals surface area (Å²) in [6.07, 6.45) is 7.17. The number of nitrogens with one attached hydrogen (secondary N) is 1. The summed E-state index contributed by atoms with van der Waals surface area (Å²) in [6, 6.07) is 0.851. The van der Waals surface area contributed by atoms with E-state index in [9.17, 15) is 0 Å². The zero-order valence-electron chi connectivity index (χ0n) is 6.32. The third-order valence-corrected chi connectivity index (χ3v) is 2.10. The Morgan fingerprint density at radius 1 is 1.20 bits per heavy atom. The summed E-state index contributed by atoms with van der Waals surface area (Å²) in [5, 5.41) is 3.48. The monoisotopic (exact) mass is 143 g/mol. The van der Waals surface area contributed by atoms with Crippen LogP contribution >= 0.6 is 0 Å². The highest BCUT2D eigenvalue weighted by Gasteiger charge is 2.10. The van der Waals surface area contributed by atoms with Crippen molar-refractivity contribution in [2.75, 3.05) is 6.54 Å². The number of rotatable bonds is 2. The molecule has 1 nitrogen and oxygen atoms in total. The van der Waals surface area contributed by atoms with Gasteiger partial charge in [0.05, 0.1) is 0 Å². The minimum Gasteiger partial charge on any atom is -0.314 e. The first-order valence-corrected chi connectivity index (χ1v) is 4.17. The van der Waals surface area contributed by atoms with Crippen molar-refractivity contribution < 1.29 is 0 Å². The average molecular weight is 143 g/mol. The Morgan fingerprint density at radius 2 is 1.80 bits per heavy atom. The van der Waals surface area contributed by atoms with E-state index in [0.717, 1.165) is 12.6 Å². The van der Waals surface area contributed by atoms with Gasteiger partial charge < -0.3 is 5.32 Å². The molecule has 0 radical (unpaired) electrons. The molecule has 1 heteroatoms. The summed E-state index contributed by atoms with van der Waals surface area (Å²) in [5.41, 5.74) is 0. The van der Waals surface area contributed by atoms with Gasteiger partial charge in [-0.25, -0.2) is 0 Å². The first kappa shape index (κ1) is 9.96. The molecule has 0 atom stereocenters. The van der Waals surface area contributed by atoms with Crippen LogP contribution < -0.4 is 5.32 Å². The molecule has 0 aromatic carbocycles. The predicted molar refractivity (Wildman–Crippen MR) is 47.3 cm³/mol. The van der Waals surface area contributed by atoms with Crippen molar-refractivity contribution in [1.29, 1.82) is 0 Å². The lowest BCUT2D eigenvalue weighted by atomic mass is 9.96. The van der Waals surface area contributed by atoms with Crippen molar-refractivity contribution in [3.63, 3.8) is 0 Å². The van der Waals surface area contributed by atoms with E-state index in [1.165, 1.54) is 32.1 Å². The van der Waals surface area contributed by atoms with Crippen molar-refractivity contribution in [1.82, 2.24) is 5.32 Å². The molecule has 0 aromatic rings. The zero-order chi connectivity index (χ0) is 6.53. The second kappa shape index (κ2) is 5.72. The molecule has 0 aromatic heterocycles. The first-order valence-electron chi connectivity index (χ1n) is 4.17. The van der Waals surface area contributed by atoms with Gasteiger partial charge in [0.15, 0.2) is 0 Å². The van der Waals surface area contributed by atoms with Gasteiger partial charge in [-0.05, 0) is 19.4 Å². The number of hydrogen-bond acceptors (Lipinski definition) is 1. The molecule has 0 bridgehead atoms. The molecule has 1 fully saturated rings. The van der Waals surface area contributed by atoms with E-state index in [-0.39, 0.29) is 7.43 Å². The van der Waals surface area contributed by atoms with Crippen LogP contribution in [-0.2, 0) is 0 Å². The molecule has 1 rings (SSSR count). The summed E-state index contributed by atoms with van der Waals surface area (Å²) in [6.45, 7) is 3.33. The average Bonchev–Trinajstić information content (AvgIpc) is 1.91. The van der Waals surface area contributed by atoms with E-state index in [0.29, 0.717) is 0 Å². The molecule has 1 aliphatic rings. The third kappa shape index (κ3) is 3.21. The van der Waals surface area contributed by atoms with Gasteiger partial charge in [-0.1, -0.05) is 33.6 Å². The Bertz CT molecular complexity index is 62.4. The summed E-state index contributed by atoms with van der Waals surface area (Å²) in [7, 11) is 0. The lowest BCUT2D eigenvalue weighted by Crippen LogP contribution is -2.30. The van der Waals surface area contributed by atoms with Crippen molar-refractivity contribution in [3.8, 4) is 0 Å². The van der Waals surface area contributed by atoms with Crippen LogP contribution in [0.1, 0.15) is 46.5 Å². The van der Waals surface area contributed by atoms with Crippen molar-refractivity contribution in [2.45, 2.75) is 52.5 Å². The maximum Gasteiger partial charge on any atom is 0.00669 e. The fourth-order valence-electron chi connectivity index (χ4n) is 1.60. The highest BCUT2D eigenvalue weighted by Crippen LogP contribution is 2.16. The highest BCUT2D eigenvalue weighted by atomic mass is 14.9. The molecular formula is C9H21N. The smallest absolute Gasteiger partial charge is 0.00669 e. The quantitative estimate of drug-likeness (QED) is 0.626. The van der Waals surface area contributed by atoms with Crippen molar-refractivity contribution in [3.05, 3.63) is 0 Å². The Labute approximate surface area is 65.2 Å². The van der Waals surface area contributed by atoms with Crippen molar-refractivity contribution >= 4 is 0 Å². The molecule has 10 heavy (non-hydrogen) atoms. The molecule has 1 N–H and O–H groups in total. The second-order valence-corrected chi connectivity index (χ2v) is 2.89. The minimum atomic E-state index is 0. The normalized spacial score (nSPS) is 20.1. The van der Waals surface area contributed by atoms with E-state index < -0.39 is 0 Å². The van der Waals surface area contributed by atoms with Gasteiger partial charge in [0.1, 0.15) is 0 Å². The van der Waals surface area contributed by atoms with E-state index >= 15 is 0 Å². The van der Waals surface area contributed by atoms with Gasteiger partial charge in [-0.3, -0.25) is 0 Å². The maximum atomic E-state index is 3.48. The molecule has 0 aliphatic heterocycles. The van der Waals surface area contributed by atoms with Gasteiger partial charge in [0, 0.05) is 6.04 Å². The summed E-state index contributed by atoms with van der Waals surface area (Å²) in [4.78, 5) is 0. The van der Waals surface area contributed by atoms with Gasteiger partial charge in [0.25, 0.3) is 0 Å². The van der Waals surface area contributed by atoms with Gasteiger partial charge in [0.2, 0.25) is 0 Å². The Balaban J connectivity index is 0.000000810. The van der Waals surface area contributed by atoms with Crippen LogP contribution in [0.2, 0.25) is 0 Å². The highest BCUT2D eigenvalue weighted by molar-refractivity contribution is 4.70. The van der Waals surface area contributed by atoms with Gasteiger partial charge >= 0.3 is 0 Å². The SMILES string of the molecule is C.CCNC1CCCCC1. The van der Waals surface area contributed by atoms with Crippen LogP contribution in [-0.4, -0.2) is 12.6 Å². The first-order chi connectivity index (χ1) is 4.43. The zero-order valence-corrected chi connectivity index (χ0v) is 6.32. The fraction of sp³-hybridized carbons (Fsp3) is 1.00. The summed E-state index contributed by atoms with van der Waals surface area (Å²) >= 11 is 0. The molecule has 0 unspecified atom stereocenters. The molecule has 1 saturated carbocycles. The van der Waals surface area contributed by atoms with Crippen LogP contribution in [0, 0.1) is 0 Å². The van der Waals surface area contributed by atoms with E-state index in [1.54, 1.807) is 0 Å². The van der Waals surface area contributed by atoms with Crippen molar-refractivity contribution in [2.24, 2.45) is 0 Å². The van der Waals surface area contributed by atoms with Crippen LogP contribution in [0.25, 0.3) is 0 Å². The van der Waals surface area contributed by atoms with E-state index in [2.05, 4.69) is 12.2 Å². The van der Waals surface area contributed by atoms with Gasteiger partial charge in [-0.15, -0.1) is 0 Å². The van der Waals surface area contributed by atoms with Crippen LogP contribution in [0.3, 0.4) is 0 Å². The lowest BCUT2D eigenvalue weighted by Gasteiger charge is -2.21. The molecule has 0 spiro atoms. The molecule has 0 saturated heterocycles. The Morgan fingerprint density at radius 3 is 2.30 bits per heavy atom. The molecule has 0 amide bonds. The van der Waals surface area contributed by atoms with Crippen LogP contribution in [0.4, 0.5) is 0 Å².